The number of hydrogen-bond acceptors (Lipinski definition) is 4. The molecular formula is C12H18N2O3. The van der Waals surface area contributed by atoms with Gasteiger partial charge in [-0.15, -0.1) is 0 Å². The Labute approximate surface area is 101 Å². The number of aromatic nitrogens is 1. The third-order valence-corrected chi connectivity index (χ3v) is 2.33. The quantitative estimate of drug-likeness (QED) is 0.724. The molecule has 0 bridgehead atoms. The van der Waals surface area contributed by atoms with Crippen LogP contribution < -0.4 is 0 Å². The molecule has 0 unspecified atom stereocenters. The SMILES string of the molecule is CCOCCN(C)Cc1ccc(C(=O)O)cn1. The van der Waals surface area contributed by atoms with Crippen molar-refractivity contribution >= 4 is 5.97 Å². The maximum atomic E-state index is 10.6. The van der Waals surface area contributed by atoms with E-state index in [0.717, 1.165) is 18.8 Å². The second-order valence-electron chi connectivity index (χ2n) is 3.78. The van der Waals surface area contributed by atoms with Crippen LogP contribution in [0.2, 0.25) is 0 Å². The summed E-state index contributed by atoms with van der Waals surface area (Å²) in [6, 6.07) is 3.31. The van der Waals surface area contributed by atoms with Crippen LogP contribution in [-0.2, 0) is 11.3 Å². The van der Waals surface area contributed by atoms with Gasteiger partial charge in [-0.3, -0.25) is 9.88 Å². The molecule has 1 aromatic heterocycles. The molecule has 0 aliphatic heterocycles. The normalized spacial score (nSPS) is 10.8. The molecule has 0 radical (unpaired) electrons. The summed E-state index contributed by atoms with van der Waals surface area (Å²) in [5.41, 5.74) is 1.07. The molecular weight excluding hydrogens is 220 g/mol. The van der Waals surface area contributed by atoms with E-state index in [4.69, 9.17) is 9.84 Å². The fraction of sp³-hybridized carbons (Fsp3) is 0.500. The highest BCUT2D eigenvalue weighted by Crippen LogP contribution is 2.02. The van der Waals surface area contributed by atoms with Crippen molar-refractivity contribution in [1.82, 2.24) is 9.88 Å². The molecule has 0 amide bonds. The topological polar surface area (TPSA) is 62.7 Å². The summed E-state index contributed by atoms with van der Waals surface area (Å²) in [7, 11) is 1.98. The summed E-state index contributed by atoms with van der Waals surface area (Å²) < 4.78 is 5.25. The summed E-state index contributed by atoms with van der Waals surface area (Å²) >= 11 is 0. The Morgan fingerprint density at radius 3 is 2.82 bits per heavy atom. The number of carbonyl (C=O) groups is 1. The molecule has 17 heavy (non-hydrogen) atoms. The number of nitrogens with zero attached hydrogens (tertiary/aromatic N) is 2. The van der Waals surface area contributed by atoms with Gasteiger partial charge in [-0.05, 0) is 26.1 Å². The summed E-state index contributed by atoms with van der Waals surface area (Å²) in [5, 5.41) is 8.73. The smallest absolute Gasteiger partial charge is 0.337 e. The fourth-order valence-electron chi connectivity index (χ4n) is 1.36. The molecule has 0 spiro atoms. The average molecular weight is 238 g/mol. The first-order valence-electron chi connectivity index (χ1n) is 5.58. The predicted molar refractivity (Wildman–Crippen MR) is 64.0 cm³/mol. The van der Waals surface area contributed by atoms with Gasteiger partial charge in [0.15, 0.2) is 0 Å². The predicted octanol–water partition coefficient (Wildman–Crippen LogP) is 1.25. The number of ether oxygens (including phenoxy) is 1. The third kappa shape index (κ3) is 4.93. The number of pyridine rings is 1. The van der Waals surface area contributed by atoms with E-state index < -0.39 is 5.97 Å². The van der Waals surface area contributed by atoms with Crippen LogP contribution in [0.4, 0.5) is 0 Å². The Hall–Kier alpha value is -1.46. The number of rotatable bonds is 7. The van der Waals surface area contributed by atoms with Crippen LogP contribution in [-0.4, -0.2) is 47.8 Å². The number of hydrogen-bond donors (Lipinski definition) is 1. The summed E-state index contributed by atoms with van der Waals surface area (Å²) in [4.78, 5) is 16.8. The summed E-state index contributed by atoms with van der Waals surface area (Å²) in [5.74, 6) is -0.950. The maximum Gasteiger partial charge on any atom is 0.337 e. The van der Waals surface area contributed by atoms with E-state index >= 15 is 0 Å². The highest BCUT2D eigenvalue weighted by molar-refractivity contribution is 5.87. The second-order valence-corrected chi connectivity index (χ2v) is 3.78. The van der Waals surface area contributed by atoms with Crippen molar-refractivity contribution in [1.29, 1.82) is 0 Å². The van der Waals surface area contributed by atoms with Crippen LogP contribution in [0.5, 0.6) is 0 Å². The zero-order valence-electron chi connectivity index (χ0n) is 10.2. The zero-order valence-corrected chi connectivity index (χ0v) is 10.2. The maximum absolute atomic E-state index is 10.6. The molecule has 0 fully saturated rings. The Balaban J connectivity index is 2.43. The van der Waals surface area contributed by atoms with Crippen molar-refractivity contribution in [2.24, 2.45) is 0 Å². The van der Waals surface area contributed by atoms with Crippen molar-refractivity contribution in [3.05, 3.63) is 29.6 Å². The number of carboxylic acid groups (broad SMARTS) is 1. The van der Waals surface area contributed by atoms with E-state index in [-0.39, 0.29) is 5.56 Å². The largest absolute Gasteiger partial charge is 0.478 e. The van der Waals surface area contributed by atoms with Crippen molar-refractivity contribution < 1.29 is 14.6 Å². The monoisotopic (exact) mass is 238 g/mol. The summed E-state index contributed by atoms with van der Waals surface area (Å²) in [6.07, 6.45) is 1.38. The standard InChI is InChI=1S/C12H18N2O3/c1-3-17-7-6-14(2)9-11-5-4-10(8-13-11)12(15)16/h4-5,8H,3,6-7,9H2,1-2H3,(H,15,16). The molecule has 1 N–H and O–H groups in total. The zero-order chi connectivity index (χ0) is 12.7. The van der Waals surface area contributed by atoms with Crippen LogP contribution in [0.25, 0.3) is 0 Å². The van der Waals surface area contributed by atoms with Gasteiger partial charge in [0.25, 0.3) is 0 Å². The lowest BCUT2D eigenvalue weighted by molar-refractivity contribution is 0.0696. The third-order valence-electron chi connectivity index (χ3n) is 2.33. The van der Waals surface area contributed by atoms with E-state index in [0.29, 0.717) is 13.2 Å². The van der Waals surface area contributed by atoms with Gasteiger partial charge >= 0.3 is 5.97 Å². The second kappa shape index (κ2) is 6.98. The van der Waals surface area contributed by atoms with Crippen LogP contribution in [0, 0.1) is 0 Å². The van der Waals surface area contributed by atoms with Gasteiger partial charge in [-0.2, -0.15) is 0 Å². The number of likely N-dealkylation sites (N-methyl/N-ethyl adjacent to an activating group) is 1. The van der Waals surface area contributed by atoms with Crippen LogP contribution in [0.15, 0.2) is 18.3 Å². The fourth-order valence-corrected chi connectivity index (χ4v) is 1.36. The minimum atomic E-state index is -0.950. The van der Waals surface area contributed by atoms with Gasteiger partial charge in [0.1, 0.15) is 0 Å². The van der Waals surface area contributed by atoms with Gasteiger partial charge in [0, 0.05) is 25.9 Å². The summed E-state index contributed by atoms with van der Waals surface area (Å²) in [6.45, 7) is 4.90. The average Bonchev–Trinajstić information content (AvgIpc) is 2.30. The first-order chi connectivity index (χ1) is 8.13. The molecule has 1 heterocycles. The van der Waals surface area contributed by atoms with E-state index in [9.17, 15) is 4.79 Å². The Bertz CT molecular complexity index is 351. The molecule has 0 aliphatic carbocycles. The van der Waals surface area contributed by atoms with E-state index in [2.05, 4.69) is 9.88 Å². The van der Waals surface area contributed by atoms with Crippen molar-refractivity contribution in [3.8, 4) is 0 Å². The lowest BCUT2D eigenvalue weighted by Gasteiger charge is -2.15. The van der Waals surface area contributed by atoms with E-state index in [1.807, 2.05) is 14.0 Å². The van der Waals surface area contributed by atoms with E-state index in [1.165, 1.54) is 6.20 Å². The molecule has 0 aromatic carbocycles. The number of aromatic carboxylic acids is 1. The van der Waals surface area contributed by atoms with Crippen LogP contribution in [0.3, 0.4) is 0 Å². The molecule has 0 atom stereocenters. The molecule has 1 rings (SSSR count). The molecule has 0 saturated heterocycles. The molecule has 5 heteroatoms. The Kier molecular flexibility index (Phi) is 5.59. The highest BCUT2D eigenvalue weighted by Gasteiger charge is 2.05. The van der Waals surface area contributed by atoms with Crippen molar-refractivity contribution in [3.63, 3.8) is 0 Å². The lowest BCUT2D eigenvalue weighted by Crippen LogP contribution is -2.23. The molecule has 0 saturated carbocycles. The van der Waals surface area contributed by atoms with E-state index in [1.54, 1.807) is 12.1 Å². The molecule has 94 valence electrons. The van der Waals surface area contributed by atoms with Crippen molar-refractivity contribution in [2.45, 2.75) is 13.5 Å². The van der Waals surface area contributed by atoms with Crippen LogP contribution >= 0.6 is 0 Å². The first kappa shape index (κ1) is 13.6. The Morgan fingerprint density at radius 1 is 1.53 bits per heavy atom. The van der Waals surface area contributed by atoms with Gasteiger partial charge < -0.3 is 9.84 Å². The minimum absolute atomic E-state index is 0.214. The first-order valence-corrected chi connectivity index (χ1v) is 5.58. The number of carboxylic acids is 1. The van der Waals surface area contributed by atoms with Crippen LogP contribution in [0.1, 0.15) is 23.0 Å². The lowest BCUT2D eigenvalue weighted by atomic mass is 10.2. The Morgan fingerprint density at radius 2 is 2.29 bits per heavy atom. The molecule has 5 nitrogen and oxygen atoms in total. The highest BCUT2D eigenvalue weighted by atomic mass is 16.5. The van der Waals surface area contributed by atoms with Gasteiger partial charge in [-0.25, -0.2) is 4.79 Å². The van der Waals surface area contributed by atoms with Gasteiger partial charge in [0.05, 0.1) is 17.9 Å². The molecule has 1 aromatic rings. The minimum Gasteiger partial charge on any atom is -0.478 e. The molecule has 0 aliphatic rings. The van der Waals surface area contributed by atoms with Gasteiger partial charge in [0.2, 0.25) is 0 Å². The van der Waals surface area contributed by atoms with Crippen molar-refractivity contribution in [2.75, 3.05) is 26.8 Å². The van der Waals surface area contributed by atoms with Gasteiger partial charge in [-0.1, -0.05) is 0 Å².